The molecule has 0 spiro atoms. The van der Waals surface area contributed by atoms with E-state index in [9.17, 15) is 0 Å². The predicted molar refractivity (Wildman–Crippen MR) is 58.2 cm³/mol. The molecule has 2 nitrogen and oxygen atoms in total. The van der Waals surface area contributed by atoms with E-state index in [1.165, 1.54) is 12.3 Å². The van der Waals surface area contributed by atoms with Gasteiger partial charge >= 0.3 is 0 Å². The molecule has 0 bridgehead atoms. The second kappa shape index (κ2) is 3.32. The van der Waals surface area contributed by atoms with E-state index in [1.807, 2.05) is 0 Å². The van der Waals surface area contributed by atoms with Crippen molar-refractivity contribution in [1.29, 1.82) is 0 Å². The first kappa shape index (κ1) is 10.6. The third-order valence-electron chi connectivity index (χ3n) is 3.21. The standard InChI is InChI=1S/C11H22N2/c1-10(2,3)11(4,5)13-9-7-6-8-12-9/h6-8H2,1-5H3,(H,12,13). The third kappa shape index (κ3) is 2.45. The molecule has 13 heavy (non-hydrogen) atoms. The van der Waals surface area contributed by atoms with E-state index < -0.39 is 0 Å². The van der Waals surface area contributed by atoms with Crippen molar-refractivity contribution in [3.8, 4) is 0 Å². The van der Waals surface area contributed by atoms with Crippen molar-refractivity contribution >= 4 is 5.84 Å². The van der Waals surface area contributed by atoms with Crippen LogP contribution in [0.3, 0.4) is 0 Å². The Morgan fingerprint density at radius 1 is 1.15 bits per heavy atom. The van der Waals surface area contributed by atoms with Crippen molar-refractivity contribution in [3.63, 3.8) is 0 Å². The van der Waals surface area contributed by atoms with Crippen LogP contribution >= 0.6 is 0 Å². The first-order valence-corrected chi connectivity index (χ1v) is 5.14. The zero-order valence-corrected chi connectivity index (χ0v) is 9.57. The summed E-state index contributed by atoms with van der Waals surface area (Å²) in [6, 6.07) is 0. The van der Waals surface area contributed by atoms with Crippen molar-refractivity contribution in [2.24, 2.45) is 10.4 Å². The molecule has 0 radical (unpaired) electrons. The second-order valence-corrected chi connectivity index (χ2v) is 5.43. The highest BCUT2D eigenvalue weighted by atomic mass is 15.1. The minimum atomic E-state index is 0.121. The van der Waals surface area contributed by atoms with E-state index in [0.717, 1.165) is 13.0 Å². The van der Waals surface area contributed by atoms with Gasteiger partial charge in [0.05, 0.1) is 5.84 Å². The molecule has 0 aromatic rings. The Morgan fingerprint density at radius 3 is 2.15 bits per heavy atom. The number of aliphatic imine (C=N–C) groups is 1. The van der Waals surface area contributed by atoms with Crippen LogP contribution in [0.15, 0.2) is 4.99 Å². The number of rotatable bonds is 1. The summed E-state index contributed by atoms with van der Waals surface area (Å²) in [6.45, 7) is 12.3. The van der Waals surface area contributed by atoms with Gasteiger partial charge in [-0.3, -0.25) is 4.99 Å². The number of hydrogen-bond acceptors (Lipinski definition) is 2. The molecule has 0 aromatic carbocycles. The summed E-state index contributed by atoms with van der Waals surface area (Å²) >= 11 is 0. The van der Waals surface area contributed by atoms with Gasteiger partial charge in [0.2, 0.25) is 0 Å². The Kier molecular flexibility index (Phi) is 2.69. The molecule has 1 rings (SSSR count). The summed E-state index contributed by atoms with van der Waals surface area (Å²) in [6.07, 6.45) is 2.34. The van der Waals surface area contributed by atoms with Crippen LogP contribution in [-0.4, -0.2) is 17.9 Å². The topological polar surface area (TPSA) is 24.4 Å². The number of hydrogen-bond donors (Lipinski definition) is 1. The molecule has 0 fully saturated rings. The molecule has 0 saturated heterocycles. The molecule has 0 aromatic heterocycles. The van der Waals surface area contributed by atoms with Gasteiger partial charge in [-0.05, 0) is 25.7 Å². The van der Waals surface area contributed by atoms with Crippen molar-refractivity contribution in [2.75, 3.05) is 6.54 Å². The number of nitrogens with zero attached hydrogens (tertiary/aromatic N) is 1. The van der Waals surface area contributed by atoms with Gasteiger partial charge < -0.3 is 5.32 Å². The molecule has 0 saturated carbocycles. The molecule has 1 heterocycles. The van der Waals surface area contributed by atoms with Gasteiger partial charge in [0.1, 0.15) is 0 Å². The van der Waals surface area contributed by atoms with Gasteiger partial charge in [-0.2, -0.15) is 0 Å². The summed E-state index contributed by atoms with van der Waals surface area (Å²) in [7, 11) is 0. The van der Waals surface area contributed by atoms with E-state index in [0.29, 0.717) is 0 Å². The highest BCUT2D eigenvalue weighted by Crippen LogP contribution is 2.29. The van der Waals surface area contributed by atoms with Crippen LogP contribution in [0.4, 0.5) is 0 Å². The Hall–Kier alpha value is -0.530. The average molecular weight is 182 g/mol. The summed E-state index contributed by atoms with van der Waals surface area (Å²) in [5.74, 6) is 1.19. The van der Waals surface area contributed by atoms with Crippen LogP contribution in [0.5, 0.6) is 0 Å². The molecular formula is C11H22N2. The molecule has 76 valence electrons. The molecular weight excluding hydrogens is 160 g/mol. The van der Waals surface area contributed by atoms with Crippen LogP contribution in [0.25, 0.3) is 0 Å². The van der Waals surface area contributed by atoms with Crippen LogP contribution in [0.1, 0.15) is 47.5 Å². The van der Waals surface area contributed by atoms with E-state index in [1.54, 1.807) is 0 Å². The largest absolute Gasteiger partial charge is 0.368 e. The Bertz CT molecular complexity index is 209. The molecule has 2 heteroatoms. The fourth-order valence-electron chi connectivity index (χ4n) is 1.19. The van der Waals surface area contributed by atoms with Gasteiger partial charge in [-0.25, -0.2) is 0 Å². The Balaban J connectivity index is 2.61. The Labute approximate surface area is 81.8 Å². The minimum absolute atomic E-state index is 0.121. The van der Waals surface area contributed by atoms with E-state index in [-0.39, 0.29) is 11.0 Å². The van der Waals surface area contributed by atoms with Crippen LogP contribution in [-0.2, 0) is 0 Å². The van der Waals surface area contributed by atoms with Crippen LogP contribution in [0, 0.1) is 5.41 Å². The molecule has 1 aliphatic heterocycles. The predicted octanol–water partition coefficient (Wildman–Crippen LogP) is 2.59. The smallest absolute Gasteiger partial charge is 0.0967 e. The van der Waals surface area contributed by atoms with Crippen LogP contribution in [0.2, 0.25) is 0 Å². The lowest BCUT2D eigenvalue weighted by Crippen LogP contribution is -2.52. The van der Waals surface area contributed by atoms with Gasteiger partial charge in [-0.1, -0.05) is 20.8 Å². The lowest BCUT2D eigenvalue weighted by molar-refractivity contribution is 0.204. The first-order chi connectivity index (χ1) is 5.83. The molecule has 0 atom stereocenters. The van der Waals surface area contributed by atoms with Gasteiger partial charge in [0.15, 0.2) is 0 Å². The quantitative estimate of drug-likeness (QED) is 0.662. The SMILES string of the molecule is CC(C)(C)C(C)(C)NC1=NCCC1. The highest BCUT2D eigenvalue weighted by molar-refractivity contribution is 5.84. The first-order valence-electron chi connectivity index (χ1n) is 5.14. The number of amidine groups is 1. The third-order valence-corrected chi connectivity index (χ3v) is 3.21. The monoisotopic (exact) mass is 182 g/mol. The zero-order valence-electron chi connectivity index (χ0n) is 9.57. The van der Waals surface area contributed by atoms with Crippen molar-refractivity contribution < 1.29 is 0 Å². The highest BCUT2D eigenvalue weighted by Gasteiger charge is 2.33. The number of nitrogens with one attached hydrogen (secondary N) is 1. The zero-order chi connectivity index (χ0) is 10.1. The fraction of sp³-hybridized carbons (Fsp3) is 0.909. The summed E-state index contributed by atoms with van der Waals surface area (Å²) in [5, 5.41) is 3.55. The molecule has 0 amide bonds. The fourth-order valence-corrected chi connectivity index (χ4v) is 1.19. The lowest BCUT2D eigenvalue weighted by Gasteiger charge is -2.40. The lowest BCUT2D eigenvalue weighted by atomic mass is 9.76. The Morgan fingerprint density at radius 2 is 1.77 bits per heavy atom. The maximum absolute atomic E-state index is 4.44. The van der Waals surface area contributed by atoms with E-state index in [2.05, 4.69) is 44.9 Å². The second-order valence-electron chi connectivity index (χ2n) is 5.43. The maximum Gasteiger partial charge on any atom is 0.0967 e. The van der Waals surface area contributed by atoms with Gasteiger partial charge in [-0.15, -0.1) is 0 Å². The van der Waals surface area contributed by atoms with E-state index in [4.69, 9.17) is 0 Å². The van der Waals surface area contributed by atoms with Crippen molar-refractivity contribution in [3.05, 3.63) is 0 Å². The summed E-state index contributed by atoms with van der Waals surface area (Å²) in [4.78, 5) is 4.44. The normalized spacial score (nSPS) is 18.7. The summed E-state index contributed by atoms with van der Waals surface area (Å²) < 4.78 is 0. The van der Waals surface area contributed by atoms with Gasteiger partial charge in [0.25, 0.3) is 0 Å². The van der Waals surface area contributed by atoms with Crippen LogP contribution < -0.4 is 5.32 Å². The molecule has 0 aliphatic carbocycles. The maximum atomic E-state index is 4.44. The average Bonchev–Trinajstić information content (AvgIpc) is 2.35. The van der Waals surface area contributed by atoms with E-state index >= 15 is 0 Å². The molecule has 1 N–H and O–H groups in total. The molecule has 1 aliphatic rings. The summed E-state index contributed by atoms with van der Waals surface area (Å²) in [5.41, 5.74) is 0.383. The minimum Gasteiger partial charge on any atom is -0.368 e. The van der Waals surface area contributed by atoms with Gasteiger partial charge in [0, 0.05) is 18.5 Å². The van der Waals surface area contributed by atoms with Crippen molar-refractivity contribution in [1.82, 2.24) is 5.32 Å². The van der Waals surface area contributed by atoms with Crippen molar-refractivity contribution in [2.45, 2.75) is 53.0 Å². The molecule has 0 unspecified atom stereocenters.